The van der Waals surface area contributed by atoms with Gasteiger partial charge in [0.25, 0.3) is 0 Å². The van der Waals surface area contributed by atoms with E-state index >= 15 is 0 Å². The summed E-state index contributed by atoms with van der Waals surface area (Å²) in [5.74, 6) is -0.372. The molecule has 0 bridgehead atoms. The van der Waals surface area contributed by atoms with Crippen LogP contribution in [0.5, 0.6) is 0 Å². The largest absolute Gasteiger partial charge is 0.466 e. The molecule has 0 aromatic heterocycles. The molecule has 1 atom stereocenters. The number of esters is 1. The molecule has 0 fully saturated rings. The third kappa shape index (κ3) is 6.93. The van der Waals surface area contributed by atoms with Crippen molar-refractivity contribution < 1.29 is 19.1 Å². The van der Waals surface area contributed by atoms with Crippen LogP contribution in [0, 0.1) is 0 Å². The second-order valence-corrected chi connectivity index (χ2v) is 6.68. The minimum Gasteiger partial charge on any atom is -0.466 e. The molecule has 0 saturated heterocycles. The van der Waals surface area contributed by atoms with E-state index in [1.807, 2.05) is 24.3 Å². The molecule has 0 heterocycles. The lowest BCUT2D eigenvalue weighted by Crippen LogP contribution is -2.36. The third-order valence-corrected chi connectivity index (χ3v) is 3.11. The SMILES string of the molecule is CCOC(=O)C[C@H](NC(=O)OC(C)(C)C)c1cccc(Br)c1. The molecule has 0 unspecified atom stereocenters. The summed E-state index contributed by atoms with van der Waals surface area (Å²) in [7, 11) is 0. The molecule has 6 heteroatoms. The van der Waals surface area contributed by atoms with Gasteiger partial charge in [-0.05, 0) is 45.4 Å². The second kappa shape index (κ2) is 8.17. The van der Waals surface area contributed by atoms with Crippen molar-refractivity contribution in [3.05, 3.63) is 34.3 Å². The summed E-state index contributed by atoms with van der Waals surface area (Å²) in [5, 5.41) is 2.72. The molecule has 1 N–H and O–H groups in total. The molecular formula is C16H22BrNO4. The van der Waals surface area contributed by atoms with Gasteiger partial charge >= 0.3 is 12.1 Å². The van der Waals surface area contributed by atoms with Crippen molar-refractivity contribution in [1.29, 1.82) is 0 Å². The zero-order valence-electron chi connectivity index (χ0n) is 13.3. The molecule has 22 heavy (non-hydrogen) atoms. The highest BCUT2D eigenvalue weighted by atomic mass is 79.9. The summed E-state index contributed by atoms with van der Waals surface area (Å²) in [6.07, 6.45) is -0.523. The van der Waals surface area contributed by atoms with Crippen LogP contribution in [0.2, 0.25) is 0 Å². The predicted molar refractivity (Wildman–Crippen MR) is 87.5 cm³/mol. The van der Waals surface area contributed by atoms with Gasteiger partial charge in [-0.2, -0.15) is 0 Å². The standard InChI is InChI=1S/C16H22BrNO4/c1-5-21-14(19)10-13(11-7-6-8-12(17)9-11)18-15(20)22-16(2,3)4/h6-9,13H,5,10H2,1-4H3,(H,18,20)/t13-/m0/s1. The Morgan fingerprint density at radius 2 is 2.00 bits per heavy atom. The second-order valence-electron chi connectivity index (χ2n) is 5.76. The molecule has 0 saturated carbocycles. The van der Waals surface area contributed by atoms with Gasteiger partial charge in [0.2, 0.25) is 0 Å². The van der Waals surface area contributed by atoms with E-state index in [1.54, 1.807) is 27.7 Å². The first-order valence-corrected chi connectivity index (χ1v) is 7.91. The molecule has 1 rings (SSSR count). The molecule has 0 aliphatic carbocycles. The van der Waals surface area contributed by atoms with E-state index < -0.39 is 17.7 Å². The lowest BCUT2D eigenvalue weighted by atomic mass is 10.0. The summed E-state index contributed by atoms with van der Waals surface area (Å²) in [6, 6.07) is 6.89. The number of carbonyl (C=O) groups excluding carboxylic acids is 2. The van der Waals surface area contributed by atoms with E-state index in [-0.39, 0.29) is 12.4 Å². The monoisotopic (exact) mass is 371 g/mol. The van der Waals surface area contributed by atoms with Crippen LogP contribution in [-0.4, -0.2) is 24.3 Å². The Morgan fingerprint density at radius 1 is 1.32 bits per heavy atom. The Kier molecular flexibility index (Phi) is 6.87. The summed E-state index contributed by atoms with van der Waals surface area (Å²) in [6.45, 7) is 7.40. The molecule has 0 radical (unpaired) electrons. The van der Waals surface area contributed by atoms with Crippen molar-refractivity contribution in [2.75, 3.05) is 6.61 Å². The number of amides is 1. The maximum absolute atomic E-state index is 12.0. The van der Waals surface area contributed by atoms with Crippen LogP contribution in [-0.2, 0) is 14.3 Å². The van der Waals surface area contributed by atoms with Gasteiger partial charge in [0.05, 0.1) is 19.1 Å². The highest BCUT2D eigenvalue weighted by Crippen LogP contribution is 2.22. The Hall–Kier alpha value is -1.56. The highest BCUT2D eigenvalue weighted by Gasteiger charge is 2.23. The quantitative estimate of drug-likeness (QED) is 0.795. The van der Waals surface area contributed by atoms with Crippen LogP contribution in [0.1, 0.15) is 45.7 Å². The van der Waals surface area contributed by atoms with Crippen LogP contribution >= 0.6 is 15.9 Å². The van der Waals surface area contributed by atoms with Gasteiger partial charge in [0.1, 0.15) is 5.60 Å². The van der Waals surface area contributed by atoms with Crippen molar-refractivity contribution in [3.8, 4) is 0 Å². The zero-order chi connectivity index (χ0) is 16.8. The highest BCUT2D eigenvalue weighted by molar-refractivity contribution is 9.10. The number of halogens is 1. The van der Waals surface area contributed by atoms with E-state index in [0.717, 1.165) is 10.0 Å². The number of alkyl carbamates (subject to hydrolysis) is 1. The van der Waals surface area contributed by atoms with E-state index in [0.29, 0.717) is 6.61 Å². The summed E-state index contributed by atoms with van der Waals surface area (Å²) >= 11 is 3.38. The molecule has 122 valence electrons. The van der Waals surface area contributed by atoms with Crippen LogP contribution in [0.15, 0.2) is 28.7 Å². The molecule has 5 nitrogen and oxygen atoms in total. The smallest absolute Gasteiger partial charge is 0.408 e. The predicted octanol–water partition coefficient (Wildman–Crippen LogP) is 3.97. The van der Waals surface area contributed by atoms with Crippen LogP contribution < -0.4 is 5.32 Å². The van der Waals surface area contributed by atoms with E-state index in [9.17, 15) is 9.59 Å². The topological polar surface area (TPSA) is 64.6 Å². The van der Waals surface area contributed by atoms with Gasteiger partial charge in [0, 0.05) is 4.47 Å². The fraction of sp³-hybridized carbons (Fsp3) is 0.500. The van der Waals surface area contributed by atoms with Gasteiger partial charge in [-0.1, -0.05) is 28.1 Å². The van der Waals surface area contributed by atoms with Crippen LogP contribution in [0.25, 0.3) is 0 Å². The Labute approximate surface area is 139 Å². The molecular weight excluding hydrogens is 350 g/mol. The molecule has 1 amide bonds. The number of benzene rings is 1. The van der Waals surface area contributed by atoms with Gasteiger partial charge in [0.15, 0.2) is 0 Å². The Bertz CT molecular complexity index is 525. The van der Waals surface area contributed by atoms with Gasteiger partial charge in [-0.15, -0.1) is 0 Å². The van der Waals surface area contributed by atoms with Crippen LogP contribution in [0.4, 0.5) is 4.79 Å². The first-order chi connectivity index (χ1) is 10.2. The van der Waals surface area contributed by atoms with Gasteiger partial charge in [-0.3, -0.25) is 4.79 Å². The number of ether oxygens (including phenoxy) is 2. The number of rotatable bonds is 5. The molecule has 0 spiro atoms. The molecule has 0 aliphatic rings. The van der Waals surface area contributed by atoms with Crippen molar-refractivity contribution in [2.45, 2.75) is 45.8 Å². The average Bonchev–Trinajstić information content (AvgIpc) is 2.36. The van der Waals surface area contributed by atoms with Crippen molar-refractivity contribution >= 4 is 28.0 Å². The molecule has 0 aliphatic heterocycles. The van der Waals surface area contributed by atoms with E-state index in [4.69, 9.17) is 9.47 Å². The normalized spacial score (nSPS) is 12.4. The first kappa shape index (κ1) is 18.5. The van der Waals surface area contributed by atoms with Crippen molar-refractivity contribution in [3.63, 3.8) is 0 Å². The minimum absolute atomic E-state index is 0.0452. The molecule has 1 aromatic carbocycles. The summed E-state index contributed by atoms with van der Waals surface area (Å²) in [4.78, 5) is 23.7. The maximum Gasteiger partial charge on any atom is 0.408 e. The Morgan fingerprint density at radius 3 is 2.55 bits per heavy atom. The lowest BCUT2D eigenvalue weighted by molar-refractivity contribution is -0.143. The number of carbonyl (C=O) groups is 2. The van der Waals surface area contributed by atoms with Crippen LogP contribution in [0.3, 0.4) is 0 Å². The van der Waals surface area contributed by atoms with Crippen molar-refractivity contribution in [2.24, 2.45) is 0 Å². The van der Waals surface area contributed by atoms with Gasteiger partial charge < -0.3 is 14.8 Å². The zero-order valence-corrected chi connectivity index (χ0v) is 14.9. The summed E-state index contributed by atoms with van der Waals surface area (Å²) < 4.78 is 11.1. The molecule has 1 aromatic rings. The maximum atomic E-state index is 12.0. The van der Waals surface area contributed by atoms with Crippen molar-refractivity contribution in [1.82, 2.24) is 5.32 Å². The summed E-state index contributed by atoms with van der Waals surface area (Å²) in [5.41, 5.74) is 0.198. The number of hydrogen-bond acceptors (Lipinski definition) is 4. The minimum atomic E-state index is -0.601. The fourth-order valence-electron chi connectivity index (χ4n) is 1.81. The number of nitrogens with one attached hydrogen (secondary N) is 1. The average molecular weight is 372 g/mol. The van der Waals surface area contributed by atoms with E-state index in [1.165, 1.54) is 0 Å². The van der Waals surface area contributed by atoms with E-state index in [2.05, 4.69) is 21.2 Å². The number of hydrogen-bond donors (Lipinski definition) is 1. The van der Waals surface area contributed by atoms with Gasteiger partial charge in [-0.25, -0.2) is 4.79 Å². The Balaban J connectivity index is 2.87. The fourth-order valence-corrected chi connectivity index (χ4v) is 2.23. The third-order valence-electron chi connectivity index (χ3n) is 2.62. The lowest BCUT2D eigenvalue weighted by Gasteiger charge is -2.23. The first-order valence-electron chi connectivity index (χ1n) is 7.12.